The summed E-state index contributed by atoms with van der Waals surface area (Å²) < 4.78 is 51.1. The van der Waals surface area contributed by atoms with Crippen LogP contribution in [0.2, 0.25) is 5.02 Å². The van der Waals surface area contributed by atoms with E-state index in [2.05, 4.69) is 0 Å². The summed E-state index contributed by atoms with van der Waals surface area (Å²) in [6, 6.07) is 8.98. The van der Waals surface area contributed by atoms with Crippen LogP contribution in [-0.4, -0.2) is 56.9 Å². The number of rotatable bonds is 6. The Morgan fingerprint density at radius 3 is 2.33 bits per heavy atom. The monoisotopic (exact) mass is 455 g/mol. The van der Waals surface area contributed by atoms with E-state index in [-0.39, 0.29) is 31.9 Å². The molecular weight excluding hydrogens is 437 g/mol. The topological polar surface area (TPSA) is 90.0 Å². The number of benzene rings is 2. The summed E-state index contributed by atoms with van der Waals surface area (Å²) in [5.41, 5.74) is 0.119. The lowest BCUT2D eigenvalue weighted by molar-refractivity contribution is 0.0318. The van der Waals surface area contributed by atoms with Gasteiger partial charge in [0.1, 0.15) is 10.7 Å². The molecule has 160 valence electrons. The zero-order chi connectivity index (χ0) is 21.9. The van der Waals surface area contributed by atoms with Crippen LogP contribution in [0.15, 0.2) is 47.4 Å². The van der Waals surface area contributed by atoms with Gasteiger partial charge in [-0.15, -0.1) is 0 Å². The third-order valence-corrected chi connectivity index (χ3v) is 6.70. The van der Waals surface area contributed by atoms with Crippen molar-refractivity contribution in [1.82, 2.24) is 4.31 Å². The molecule has 3 rings (SSSR count). The highest BCUT2D eigenvalue weighted by atomic mass is 35.5. The summed E-state index contributed by atoms with van der Waals surface area (Å²) in [4.78, 5) is 24.3. The van der Waals surface area contributed by atoms with Crippen LogP contribution in [-0.2, 0) is 19.5 Å². The number of morpholine rings is 1. The van der Waals surface area contributed by atoms with E-state index < -0.39 is 38.6 Å². The van der Waals surface area contributed by atoms with E-state index in [4.69, 9.17) is 21.1 Å². The maximum absolute atomic E-state index is 14.3. The van der Waals surface area contributed by atoms with Gasteiger partial charge in [-0.1, -0.05) is 11.6 Å². The number of hydrogen-bond donors (Lipinski definition) is 0. The lowest BCUT2D eigenvalue weighted by Gasteiger charge is -2.26. The fourth-order valence-electron chi connectivity index (χ4n) is 2.89. The summed E-state index contributed by atoms with van der Waals surface area (Å²) >= 11 is 5.79. The van der Waals surface area contributed by atoms with Crippen LogP contribution in [0.25, 0.3) is 0 Å². The van der Waals surface area contributed by atoms with Crippen LogP contribution >= 0.6 is 11.6 Å². The van der Waals surface area contributed by atoms with Gasteiger partial charge in [-0.05, 0) is 49.4 Å². The standard InChI is InChI=1S/C20H19ClFNO6S/c1-13(19(24)14-2-5-16(21)6-3-14)29-20(25)15-4-7-17(22)18(12-15)30(26,27)23-8-10-28-11-9-23/h2-7,12-13H,8-11H2,1H3/t13-/m0/s1. The molecule has 2 aromatic rings. The Labute approximate surface area is 178 Å². The van der Waals surface area contributed by atoms with Crippen LogP contribution < -0.4 is 0 Å². The van der Waals surface area contributed by atoms with Crippen LogP contribution in [0.4, 0.5) is 4.39 Å². The minimum Gasteiger partial charge on any atom is -0.451 e. The molecule has 7 nitrogen and oxygen atoms in total. The van der Waals surface area contributed by atoms with Gasteiger partial charge in [-0.25, -0.2) is 17.6 Å². The van der Waals surface area contributed by atoms with Gasteiger partial charge in [0.15, 0.2) is 6.10 Å². The maximum atomic E-state index is 14.3. The van der Waals surface area contributed by atoms with Crippen molar-refractivity contribution in [2.75, 3.05) is 26.3 Å². The minimum absolute atomic E-state index is 0.0864. The summed E-state index contributed by atoms with van der Waals surface area (Å²) in [5, 5.41) is 0.455. The first-order valence-corrected chi connectivity index (χ1v) is 10.9. The fourth-order valence-corrected chi connectivity index (χ4v) is 4.51. The average Bonchev–Trinajstić information content (AvgIpc) is 2.74. The molecule has 0 saturated carbocycles. The smallest absolute Gasteiger partial charge is 0.338 e. The number of sulfonamides is 1. The summed E-state index contributed by atoms with van der Waals surface area (Å²) in [7, 11) is -4.15. The van der Waals surface area contributed by atoms with E-state index in [9.17, 15) is 22.4 Å². The number of nitrogens with zero attached hydrogens (tertiary/aromatic N) is 1. The number of esters is 1. The number of carbonyl (C=O) groups excluding carboxylic acids is 2. The lowest BCUT2D eigenvalue weighted by Crippen LogP contribution is -2.41. The molecular formula is C20H19ClFNO6S. The molecule has 1 saturated heterocycles. The van der Waals surface area contributed by atoms with E-state index in [1.807, 2.05) is 0 Å². The average molecular weight is 456 g/mol. The summed E-state index contributed by atoms with van der Waals surface area (Å²) in [5.74, 6) is -2.38. The highest BCUT2D eigenvalue weighted by Gasteiger charge is 2.30. The highest BCUT2D eigenvalue weighted by molar-refractivity contribution is 7.89. The largest absolute Gasteiger partial charge is 0.451 e. The van der Waals surface area contributed by atoms with Crippen molar-refractivity contribution in [3.63, 3.8) is 0 Å². The van der Waals surface area contributed by atoms with E-state index in [1.165, 1.54) is 31.2 Å². The van der Waals surface area contributed by atoms with Crippen molar-refractivity contribution in [1.29, 1.82) is 0 Å². The number of halogens is 2. The Morgan fingerprint density at radius 1 is 1.10 bits per heavy atom. The van der Waals surface area contributed by atoms with E-state index >= 15 is 0 Å². The number of hydrogen-bond acceptors (Lipinski definition) is 6. The maximum Gasteiger partial charge on any atom is 0.338 e. The molecule has 0 amide bonds. The predicted octanol–water partition coefficient (Wildman–Crippen LogP) is 2.93. The molecule has 10 heteroatoms. The van der Waals surface area contributed by atoms with Crippen molar-refractivity contribution in [2.45, 2.75) is 17.9 Å². The quantitative estimate of drug-likeness (QED) is 0.491. The second kappa shape index (κ2) is 9.22. The second-order valence-corrected chi connectivity index (χ2v) is 8.92. The van der Waals surface area contributed by atoms with Crippen LogP contribution in [0, 0.1) is 5.82 Å². The highest BCUT2D eigenvalue weighted by Crippen LogP contribution is 2.23. The van der Waals surface area contributed by atoms with E-state index in [1.54, 1.807) is 0 Å². The molecule has 1 fully saturated rings. The molecule has 1 atom stereocenters. The zero-order valence-corrected chi connectivity index (χ0v) is 17.6. The SMILES string of the molecule is C[C@H](OC(=O)c1ccc(F)c(S(=O)(=O)N2CCOCC2)c1)C(=O)c1ccc(Cl)cc1. The Bertz CT molecular complexity index is 1050. The minimum atomic E-state index is -4.15. The molecule has 0 bridgehead atoms. The van der Waals surface area contributed by atoms with Gasteiger partial charge >= 0.3 is 5.97 Å². The number of carbonyl (C=O) groups is 2. The molecule has 1 aliphatic heterocycles. The Hall–Kier alpha value is -2.33. The van der Waals surface area contributed by atoms with Crippen LogP contribution in [0.1, 0.15) is 27.6 Å². The Balaban J connectivity index is 1.78. The van der Waals surface area contributed by atoms with Crippen LogP contribution in [0.3, 0.4) is 0 Å². The molecule has 0 aliphatic carbocycles. The number of ketones is 1. The first-order valence-electron chi connectivity index (χ1n) is 9.08. The third-order valence-electron chi connectivity index (χ3n) is 4.54. The number of ether oxygens (including phenoxy) is 2. The van der Waals surface area contributed by atoms with Crippen molar-refractivity contribution >= 4 is 33.4 Å². The van der Waals surface area contributed by atoms with Crippen molar-refractivity contribution in [2.24, 2.45) is 0 Å². The van der Waals surface area contributed by atoms with E-state index in [0.717, 1.165) is 22.5 Å². The number of Topliss-reactive ketones (excluding diaryl/α,β-unsaturated/α-hetero) is 1. The van der Waals surface area contributed by atoms with Gasteiger partial charge in [0.25, 0.3) is 0 Å². The second-order valence-electron chi connectivity index (χ2n) is 6.58. The van der Waals surface area contributed by atoms with Crippen molar-refractivity contribution in [3.05, 3.63) is 64.4 Å². The molecule has 2 aromatic carbocycles. The van der Waals surface area contributed by atoms with E-state index in [0.29, 0.717) is 10.6 Å². The fraction of sp³-hybridized carbons (Fsp3) is 0.300. The molecule has 30 heavy (non-hydrogen) atoms. The van der Waals surface area contributed by atoms with Crippen molar-refractivity contribution < 1.29 is 31.9 Å². The normalized spacial score (nSPS) is 16.1. The molecule has 0 aromatic heterocycles. The third kappa shape index (κ3) is 4.86. The summed E-state index contributed by atoms with van der Waals surface area (Å²) in [6.07, 6.45) is -1.14. The summed E-state index contributed by atoms with van der Waals surface area (Å²) in [6.45, 7) is 1.97. The molecule has 1 aliphatic rings. The van der Waals surface area contributed by atoms with Crippen LogP contribution in [0.5, 0.6) is 0 Å². The molecule has 0 N–H and O–H groups in total. The molecule has 1 heterocycles. The molecule has 0 spiro atoms. The van der Waals surface area contributed by atoms with Gasteiger partial charge in [0, 0.05) is 23.7 Å². The van der Waals surface area contributed by atoms with Crippen molar-refractivity contribution in [3.8, 4) is 0 Å². The predicted molar refractivity (Wildman–Crippen MR) is 107 cm³/mol. The van der Waals surface area contributed by atoms with Gasteiger partial charge in [-0.2, -0.15) is 4.31 Å². The van der Waals surface area contributed by atoms with Gasteiger partial charge < -0.3 is 9.47 Å². The van der Waals surface area contributed by atoms with Gasteiger partial charge in [0.05, 0.1) is 18.8 Å². The Morgan fingerprint density at radius 2 is 1.70 bits per heavy atom. The first-order chi connectivity index (χ1) is 14.2. The molecule has 0 radical (unpaired) electrons. The van der Waals surface area contributed by atoms with Gasteiger partial charge in [0.2, 0.25) is 15.8 Å². The van der Waals surface area contributed by atoms with Gasteiger partial charge in [-0.3, -0.25) is 4.79 Å². The Kier molecular flexibility index (Phi) is 6.87. The zero-order valence-electron chi connectivity index (χ0n) is 16.0. The lowest BCUT2D eigenvalue weighted by atomic mass is 10.1. The first kappa shape index (κ1) is 22.4. The molecule has 0 unspecified atom stereocenters.